The second kappa shape index (κ2) is 7.11. The standard InChI is InChI=1S/C14H16Br2N2OS/c1-9-14(16)13(18(2)17-9)7-11(19)8-20-12-5-3-10(15)4-6-12/h3-6,11,19H,7-8H2,1-2H3. The van der Waals surface area contributed by atoms with Gasteiger partial charge in [0.1, 0.15) is 0 Å². The highest BCUT2D eigenvalue weighted by Gasteiger charge is 2.15. The van der Waals surface area contributed by atoms with Gasteiger partial charge in [-0.25, -0.2) is 0 Å². The van der Waals surface area contributed by atoms with Crippen LogP contribution < -0.4 is 0 Å². The molecule has 2 aromatic rings. The maximum absolute atomic E-state index is 10.2. The van der Waals surface area contributed by atoms with Crippen LogP contribution in [0.1, 0.15) is 11.4 Å². The summed E-state index contributed by atoms with van der Waals surface area (Å²) in [6.07, 6.45) is 0.205. The van der Waals surface area contributed by atoms with E-state index in [0.29, 0.717) is 12.2 Å². The van der Waals surface area contributed by atoms with Gasteiger partial charge in [-0.2, -0.15) is 5.10 Å². The maximum Gasteiger partial charge on any atom is 0.0738 e. The van der Waals surface area contributed by atoms with E-state index in [1.165, 1.54) is 0 Å². The van der Waals surface area contributed by atoms with E-state index >= 15 is 0 Å². The van der Waals surface area contributed by atoms with Crippen LogP contribution in [0.5, 0.6) is 0 Å². The second-order valence-corrected chi connectivity index (χ2v) is 7.39. The Labute approximate surface area is 140 Å². The van der Waals surface area contributed by atoms with Gasteiger partial charge in [0.05, 0.1) is 22.0 Å². The van der Waals surface area contributed by atoms with Crippen LogP contribution in [0.3, 0.4) is 0 Å². The van der Waals surface area contributed by atoms with E-state index < -0.39 is 6.10 Å². The van der Waals surface area contributed by atoms with Crippen molar-refractivity contribution in [1.29, 1.82) is 0 Å². The number of aliphatic hydroxyl groups excluding tert-OH is 1. The average Bonchev–Trinajstić information content (AvgIpc) is 2.65. The molecule has 0 bridgehead atoms. The molecule has 0 saturated carbocycles. The van der Waals surface area contributed by atoms with Crippen LogP contribution in [0, 0.1) is 6.92 Å². The summed E-state index contributed by atoms with van der Waals surface area (Å²) < 4.78 is 3.89. The van der Waals surface area contributed by atoms with E-state index in [1.807, 2.05) is 42.9 Å². The smallest absolute Gasteiger partial charge is 0.0738 e. The first-order chi connectivity index (χ1) is 9.47. The summed E-state index contributed by atoms with van der Waals surface area (Å²) in [5, 5.41) is 14.5. The van der Waals surface area contributed by atoms with Crippen LogP contribution in [-0.2, 0) is 13.5 Å². The zero-order valence-electron chi connectivity index (χ0n) is 11.3. The summed E-state index contributed by atoms with van der Waals surface area (Å²) >= 11 is 8.60. The van der Waals surface area contributed by atoms with E-state index in [0.717, 1.165) is 25.2 Å². The third kappa shape index (κ3) is 4.10. The zero-order valence-corrected chi connectivity index (χ0v) is 15.3. The highest BCUT2D eigenvalue weighted by molar-refractivity contribution is 9.10. The minimum Gasteiger partial charge on any atom is -0.392 e. The lowest BCUT2D eigenvalue weighted by atomic mass is 10.2. The molecule has 0 saturated heterocycles. The van der Waals surface area contributed by atoms with Crippen molar-refractivity contribution < 1.29 is 5.11 Å². The number of nitrogens with zero attached hydrogens (tertiary/aromatic N) is 2. The van der Waals surface area contributed by atoms with Crippen LogP contribution in [0.25, 0.3) is 0 Å². The third-order valence-electron chi connectivity index (χ3n) is 2.95. The minimum absolute atomic E-state index is 0.394. The van der Waals surface area contributed by atoms with Crippen LogP contribution >= 0.6 is 43.6 Å². The maximum atomic E-state index is 10.2. The first kappa shape index (κ1) is 16.1. The molecule has 3 nitrogen and oxygen atoms in total. The molecule has 108 valence electrons. The van der Waals surface area contributed by atoms with E-state index in [-0.39, 0.29) is 0 Å². The highest BCUT2D eigenvalue weighted by atomic mass is 79.9. The summed E-state index contributed by atoms with van der Waals surface area (Å²) in [6, 6.07) is 8.11. The van der Waals surface area contributed by atoms with Gasteiger partial charge in [-0.3, -0.25) is 4.68 Å². The number of aliphatic hydroxyl groups is 1. The summed E-state index contributed by atoms with van der Waals surface area (Å²) in [4.78, 5) is 1.16. The van der Waals surface area contributed by atoms with Gasteiger partial charge >= 0.3 is 0 Å². The molecule has 1 atom stereocenters. The van der Waals surface area contributed by atoms with Crippen molar-refractivity contribution in [1.82, 2.24) is 9.78 Å². The lowest BCUT2D eigenvalue weighted by Crippen LogP contribution is -2.16. The van der Waals surface area contributed by atoms with E-state index in [1.54, 1.807) is 11.8 Å². The van der Waals surface area contributed by atoms with Crippen molar-refractivity contribution in [2.24, 2.45) is 7.05 Å². The number of thioether (sulfide) groups is 1. The molecular formula is C14H16Br2N2OS. The fraction of sp³-hybridized carbons (Fsp3) is 0.357. The average molecular weight is 420 g/mol. The molecule has 1 N–H and O–H groups in total. The van der Waals surface area contributed by atoms with Gasteiger partial charge in [0.15, 0.2) is 0 Å². The van der Waals surface area contributed by atoms with Gasteiger partial charge in [0.2, 0.25) is 0 Å². The SMILES string of the molecule is Cc1nn(C)c(CC(O)CSc2ccc(Br)cc2)c1Br. The van der Waals surface area contributed by atoms with Crippen LogP contribution in [0.4, 0.5) is 0 Å². The largest absolute Gasteiger partial charge is 0.392 e. The molecule has 0 aliphatic carbocycles. The van der Waals surface area contributed by atoms with Gasteiger partial charge in [0, 0.05) is 28.6 Å². The van der Waals surface area contributed by atoms with Crippen LogP contribution in [0.15, 0.2) is 38.1 Å². The van der Waals surface area contributed by atoms with Crippen molar-refractivity contribution in [3.05, 3.63) is 44.6 Å². The number of benzene rings is 1. The van der Waals surface area contributed by atoms with Gasteiger partial charge in [0.25, 0.3) is 0 Å². The quantitative estimate of drug-likeness (QED) is 0.745. The lowest BCUT2D eigenvalue weighted by molar-refractivity contribution is 0.197. The molecule has 1 aromatic heterocycles. The second-order valence-electron chi connectivity index (χ2n) is 4.59. The molecule has 6 heteroatoms. The highest BCUT2D eigenvalue weighted by Crippen LogP contribution is 2.25. The summed E-state index contributed by atoms with van der Waals surface area (Å²) in [5.74, 6) is 0.665. The Morgan fingerprint density at radius 2 is 1.95 bits per heavy atom. The molecule has 1 unspecified atom stereocenters. The van der Waals surface area contributed by atoms with Crippen molar-refractivity contribution in [2.45, 2.75) is 24.3 Å². The van der Waals surface area contributed by atoms with Crippen LogP contribution in [-0.4, -0.2) is 26.7 Å². The van der Waals surface area contributed by atoms with Crippen molar-refractivity contribution in [3.63, 3.8) is 0 Å². The molecule has 0 spiro atoms. The first-order valence-corrected chi connectivity index (χ1v) is 8.79. The number of aryl methyl sites for hydroxylation is 2. The molecule has 0 radical (unpaired) electrons. The predicted molar refractivity (Wildman–Crippen MR) is 90.2 cm³/mol. The molecule has 0 aliphatic rings. The Kier molecular flexibility index (Phi) is 5.72. The molecule has 20 heavy (non-hydrogen) atoms. The van der Waals surface area contributed by atoms with Gasteiger partial charge < -0.3 is 5.11 Å². The Bertz CT molecular complexity index is 584. The Morgan fingerprint density at radius 3 is 2.50 bits per heavy atom. The van der Waals surface area contributed by atoms with Crippen molar-refractivity contribution >= 4 is 43.6 Å². The molecule has 0 amide bonds. The third-order valence-corrected chi connectivity index (χ3v) is 5.66. The van der Waals surface area contributed by atoms with Crippen LogP contribution in [0.2, 0.25) is 0 Å². The fourth-order valence-corrected chi connectivity index (χ4v) is 3.50. The molecule has 1 aromatic carbocycles. The molecule has 0 aliphatic heterocycles. The number of hydrogen-bond donors (Lipinski definition) is 1. The minimum atomic E-state index is -0.394. The predicted octanol–water partition coefficient (Wildman–Crippen LogP) is 3.95. The van der Waals surface area contributed by atoms with Gasteiger partial charge in [-0.1, -0.05) is 15.9 Å². The summed E-state index contributed by atoms with van der Waals surface area (Å²) in [5.41, 5.74) is 1.99. The number of hydrogen-bond acceptors (Lipinski definition) is 3. The number of halogens is 2. The number of aromatic nitrogens is 2. The zero-order chi connectivity index (χ0) is 14.7. The monoisotopic (exact) mass is 418 g/mol. The lowest BCUT2D eigenvalue weighted by Gasteiger charge is -2.11. The fourth-order valence-electron chi connectivity index (χ4n) is 1.91. The van der Waals surface area contributed by atoms with E-state index in [2.05, 4.69) is 37.0 Å². The Hall–Kier alpha value is -0.300. The summed E-state index contributed by atoms with van der Waals surface area (Å²) in [7, 11) is 1.90. The normalized spacial score (nSPS) is 12.7. The van der Waals surface area contributed by atoms with Gasteiger partial charge in [-0.05, 0) is 47.1 Å². The topological polar surface area (TPSA) is 38.0 Å². The van der Waals surface area contributed by atoms with Crippen molar-refractivity contribution in [2.75, 3.05) is 5.75 Å². The molecule has 1 heterocycles. The van der Waals surface area contributed by atoms with Gasteiger partial charge in [-0.15, -0.1) is 11.8 Å². The number of rotatable bonds is 5. The molecule has 0 fully saturated rings. The molecule has 2 rings (SSSR count). The van der Waals surface area contributed by atoms with Crippen molar-refractivity contribution in [3.8, 4) is 0 Å². The Balaban J connectivity index is 1.92. The summed E-state index contributed by atoms with van der Waals surface area (Å²) in [6.45, 7) is 1.95. The Morgan fingerprint density at radius 1 is 1.30 bits per heavy atom. The molecular weight excluding hydrogens is 404 g/mol. The van der Waals surface area contributed by atoms with E-state index in [4.69, 9.17) is 0 Å². The first-order valence-electron chi connectivity index (χ1n) is 6.21. The van der Waals surface area contributed by atoms with E-state index in [9.17, 15) is 5.11 Å².